The molecule has 1 saturated carbocycles. The van der Waals surface area contributed by atoms with Crippen LogP contribution in [0, 0.1) is 0 Å². The Bertz CT molecular complexity index is 1020. The highest BCUT2D eigenvalue weighted by Crippen LogP contribution is 2.35. The molecule has 1 aliphatic heterocycles. The number of nitrogens with zero attached hydrogens (tertiary/aromatic N) is 8. The molecule has 0 amide bonds. The second-order valence-corrected chi connectivity index (χ2v) is 7.74. The maximum absolute atomic E-state index is 12.2. The fraction of sp³-hybridized carbons (Fsp3) is 0.526. The largest absolute Gasteiger partial charge is 0.350 e. The molecule has 3 aromatic rings. The Kier molecular flexibility index (Phi) is 4.31. The van der Waals surface area contributed by atoms with Gasteiger partial charge < -0.3 is 9.47 Å². The normalized spacial score (nSPS) is 18.6. The van der Waals surface area contributed by atoms with Crippen molar-refractivity contribution in [3.63, 3.8) is 0 Å². The third-order valence-corrected chi connectivity index (χ3v) is 5.80. The second kappa shape index (κ2) is 6.97. The molecule has 1 saturated heterocycles. The quantitative estimate of drug-likeness (QED) is 0.649. The summed E-state index contributed by atoms with van der Waals surface area (Å²) in [7, 11) is 1.73. The van der Waals surface area contributed by atoms with Gasteiger partial charge in [-0.3, -0.25) is 14.1 Å². The Morgan fingerprint density at radius 3 is 2.61 bits per heavy atom. The highest BCUT2D eigenvalue weighted by atomic mass is 16.1. The highest BCUT2D eigenvalue weighted by molar-refractivity contribution is 5.41. The minimum absolute atomic E-state index is 0.120. The number of hydrogen-bond donors (Lipinski definition) is 0. The third kappa shape index (κ3) is 3.15. The molecular formula is C19H24N8O. The molecule has 0 aromatic carbocycles. The van der Waals surface area contributed by atoms with Crippen LogP contribution in [0.15, 0.2) is 35.8 Å². The first-order valence-electron chi connectivity index (χ1n) is 9.86. The predicted octanol–water partition coefficient (Wildman–Crippen LogP) is 0.851. The Hall–Kier alpha value is -2.81. The highest BCUT2D eigenvalue weighted by Gasteiger charge is 2.36. The number of fused-ring (bicyclic) bond motifs is 1. The molecule has 2 aliphatic rings. The summed E-state index contributed by atoms with van der Waals surface area (Å²) >= 11 is 0. The number of piperidine rings is 1. The Morgan fingerprint density at radius 1 is 1.11 bits per heavy atom. The van der Waals surface area contributed by atoms with Crippen molar-refractivity contribution < 1.29 is 0 Å². The van der Waals surface area contributed by atoms with Gasteiger partial charge in [-0.2, -0.15) is 0 Å². The first-order chi connectivity index (χ1) is 13.7. The molecule has 0 spiro atoms. The van der Waals surface area contributed by atoms with Gasteiger partial charge in [0.1, 0.15) is 12.1 Å². The monoisotopic (exact) mass is 380 g/mol. The van der Waals surface area contributed by atoms with Crippen LogP contribution in [0.3, 0.4) is 0 Å². The van der Waals surface area contributed by atoms with Crippen molar-refractivity contribution in [2.75, 3.05) is 18.0 Å². The summed E-state index contributed by atoms with van der Waals surface area (Å²) in [6.45, 7) is 2.70. The molecule has 0 N–H and O–H groups in total. The summed E-state index contributed by atoms with van der Waals surface area (Å²) in [4.78, 5) is 25.6. The molecule has 3 aromatic heterocycles. The Balaban J connectivity index is 1.27. The number of aryl methyl sites for hydroxylation is 1. The van der Waals surface area contributed by atoms with Crippen molar-refractivity contribution in [2.24, 2.45) is 7.05 Å². The maximum Gasteiger partial charge on any atom is 0.295 e. The fourth-order valence-electron chi connectivity index (χ4n) is 4.14. The van der Waals surface area contributed by atoms with Crippen molar-refractivity contribution in [2.45, 2.75) is 44.3 Å². The van der Waals surface area contributed by atoms with Crippen LogP contribution in [0.5, 0.6) is 0 Å². The van der Waals surface area contributed by atoms with Crippen LogP contribution in [0.1, 0.15) is 31.5 Å². The van der Waals surface area contributed by atoms with E-state index in [1.54, 1.807) is 19.6 Å². The van der Waals surface area contributed by atoms with Gasteiger partial charge in [0.15, 0.2) is 5.82 Å². The van der Waals surface area contributed by atoms with Gasteiger partial charge in [0.2, 0.25) is 5.65 Å². The number of rotatable bonds is 5. The molecule has 2 fully saturated rings. The SMILES string of the molecule is Cn1ccn2c(CN3CCC(N(c4ccncn4)C4CC4)CC3)nnc2c1=O. The average Bonchev–Trinajstić information content (AvgIpc) is 3.47. The van der Waals surface area contributed by atoms with Crippen LogP contribution in [0.2, 0.25) is 0 Å². The molecule has 9 heteroatoms. The van der Waals surface area contributed by atoms with E-state index < -0.39 is 0 Å². The van der Waals surface area contributed by atoms with Crippen LogP contribution in [-0.2, 0) is 13.6 Å². The lowest BCUT2D eigenvalue weighted by atomic mass is 10.0. The van der Waals surface area contributed by atoms with Crippen molar-refractivity contribution in [3.8, 4) is 0 Å². The molecule has 0 unspecified atom stereocenters. The summed E-state index contributed by atoms with van der Waals surface area (Å²) in [6.07, 6.45) is 11.8. The molecular weight excluding hydrogens is 356 g/mol. The second-order valence-electron chi connectivity index (χ2n) is 7.74. The minimum Gasteiger partial charge on any atom is -0.350 e. The topological polar surface area (TPSA) is 84.4 Å². The summed E-state index contributed by atoms with van der Waals surface area (Å²) < 4.78 is 3.34. The van der Waals surface area contributed by atoms with E-state index in [0.29, 0.717) is 24.3 Å². The number of aromatic nitrogens is 6. The fourth-order valence-corrected chi connectivity index (χ4v) is 4.14. The van der Waals surface area contributed by atoms with Crippen molar-refractivity contribution >= 4 is 11.5 Å². The molecule has 0 bridgehead atoms. The molecule has 0 radical (unpaired) electrons. The summed E-state index contributed by atoms with van der Waals surface area (Å²) in [5, 5.41) is 8.35. The van der Waals surface area contributed by atoms with Crippen molar-refractivity contribution in [3.05, 3.63) is 47.2 Å². The van der Waals surface area contributed by atoms with Gasteiger partial charge in [-0.25, -0.2) is 9.97 Å². The van der Waals surface area contributed by atoms with Crippen LogP contribution in [-0.4, -0.2) is 59.2 Å². The number of likely N-dealkylation sites (tertiary alicyclic amines) is 1. The zero-order valence-corrected chi connectivity index (χ0v) is 16.0. The van der Waals surface area contributed by atoms with Crippen molar-refractivity contribution in [1.82, 2.24) is 34.0 Å². The van der Waals surface area contributed by atoms with Gasteiger partial charge in [0, 0.05) is 50.8 Å². The molecule has 9 nitrogen and oxygen atoms in total. The Labute approximate surface area is 162 Å². The van der Waals surface area contributed by atoms with Crippen LogP contribution >= 0.6 is 0 Å². The predicted molar refractivity (Wildman–Crippen MR) is 104 cm³/mol. The van der Waals surface area contributed by atoms with Gasteiger partial charge >= 0.3 is 0 Å². The van der Waals surface area contributed by atoms with E-state index in [1.807, 2.05) is 22.9 Å². The lowest BCUT2D eigenvalue weighted by molar-refractivity contribution is 0.195. The third-order valence-electron chi connectivity index (χ3n) is 5.80. The van der Waals surface area contributed by atoms with Gasteiger partial charge in [-0.05, 0) is 31.7 Å². The van der Waals surface area contributed by atoms with Gasteiger partial charge in [0.25, 0.3) is 5.56 Å². The standard InChI is InChI=1S/C19H24N8O/c1-24-10-11-26-17(22-23-18(26)19(24)28)12-25-8-5-15(6-9-25)27(14-2-3-14)16-4-7-20-13-21-16/h4,7,10-11,13-15H,2-3,5-6,8-9,12H2,1H3. The molecule has 5 rings (SSSR count). The number of hydrogen-bond acceptors (Lipinski definition) is 7. The van der Waals surface area contributed by atoms with E-state index in [0.717, 1.165) is 37.6 Å². The zero-order chi connectivity index (χ0) is 19.1. The lowest BCUT2D eigenvalue weighted by Crippen LogP contribution is -2.46. The van der Waals surface area contributed by atoms with Gasteiger partial charge in [0.05, 0.1) is 6.54 Å². The molecule has 1 aliphatic carbocycles. The number of anilines is 1. The van der Waals surface area contributed by atoms with E-state index in [1.165, 1.54) is 17.4 Å². The average molecular weight is 380 g/mol. The van der Waals surface area contributed by atoms with E-state index in [4.69, 9.17) is 0 Å². The molecule has 4 heterocycles. The summed E-state index contributed by atoms with van der Waals surface area (Å²) in [5.74, 6) is 1.87. The van der Waals surface area contributed by atoms with Crippen LogP contribution < -0.4 is 10.5 Å². The van der Waals surface area contributed by atoms with Gasteiger partial charge in [-0.1, -0.05) is 0 Å². The van der Waals surface area contributed by atoms with Crippen molar-refractivity contribution in [1.29, 1.82) is 0 Å². The van der Waals surface area contributed by atoms with E-state index in [2.05, 4.69) is 30.0 Å². The maximum atomic E-state index is 12.2. The van der Waals surface area contributed by atoms with Crippen LogP contribution in [0.25, 0.3) is 5.65 Å². The first kappa shape index (κ1) is 17.3. The molecule has 28 heavy (non-hydrogen) atoms. The van der Waals surface area contributed by atoms with Gasteiger partial charge in [-0.15, -0.1) is 10.2 Å². The smallest absolute Gasteiger partial charge is 0.295 e. The first-order valence-corrected chi connectivity index (χ1v) is 9.86. The van der Waals surface area contributed by atoms with E-state index >= 15 is 0 Å². The summed E-state index contributed by atoms with van der Waals surface area (Å²) in [6, 6.07) is 3.16. The summed E-state index contributed by atoms with van der Waals surface area (Å²) in [5.41, 5.74) is 0.267. The zero-order valence-electron chi connectivity index (χ0n) is 16.0. The lowest BCUT2D eigenvalue weighted by Gasteiger charge is -2.39. The minimum atomic E-state index is -0.120. The van der Waals surface area contributed by atoms with Crippen LogP contribution in [0.4, 0.5) is 5.82 Å². The molecule has 0 atom stereocenters. The molecule has 146 valence electrons. The Morgan fingerprint density at radius 2 is 1.89 bits per heavy atom. The van der Waals surface area contributed by atoms with E-state index in [-0.39, 0.29) is 5.56 Å². The van der Waals surface area contributed by atoms with E-state index in [9.17, 15) is 4.79 Å².